The maximum Gasteiger partial charge on any atom is 0.255 e. The van der Waals surface area contributed by atoms with Crippen LogP contribution in [-0.2, 0) is 20.9 Å². The van der Waals surface area contributed by atoms with Gasteiger partial charge in [0.1, 0.15) is 17.9 Å². The van der Waals surface area contributed by atoms with Crippen LogP contribution in [0.2, 0.25) is 0 Å². The highest BCUT2D eigenvalue weighted by Crippen LogP contribution is 2.35. The van der Waals surface area contributed by atoms with Crippen molar-refractivity contribution in [2.24, 2.45) is 0 Å². The van der Waals surface area contributed by atoms with Gasteiger partial charge < -0.3 is 14.4 Å². The monoisotopic (exact) mass is 455 g/mol. The summed E-state index contributed by atoms with van der Waals surface area (Å²) in [6, 6.07) is 5.45. The van der Waals surface area contributed by atoms with E-state index in [-0.39, 0.29) is 35.8 Å². The fraction of sp³-hybridized carbons (Fsp3) is 0.640. The largest absolute Gasteiger partial charge is 0.489 e. The van der Waals surface area contributed by atoms with Gasteiger partial charge in [-0.15, -0.1) is 0 Å². The normalized spacial score (nSPS) is 29.8. The zero-order chi connectivity index (χ0) is 23.2. The molecule has 3 atom stereocenters. The van der Waals surface area contributed by atoms with Crippen molar-refractivity contribution in [1.82, 2.24) is 15.1 Å². The Kier molecular flexibility index (Phi) is 5.91. The molecule has 1 aromatic rings. The number of rotatable bonds is 5. The van der Waals surface area contributed by atoms with E-state index in [9.17, 15) is 14.4 Å². The Balaban J connectivity index is 1.25. The van der Waals surface area contributed by atoms with Gasteiger partial charge in [0.05, 0.1) is 5.60 Å². The molecule has 1 N–H and O–H groups in total. The van der Waals surface area contributed by atoms with Crippen molar-refractivity contribution in [2.75, 3.05) is 20.2 Å². The number of hydrogen-bond acceptors (Lipinski definition) is 6. The highest BCUT2D eigenvalue weighted by molar-refractivity contribution is 6.05. The van der Waals surface area contributed by atoms with Crippen molar-refractivity contribution in [3.8, 4) is 5.75 Å². The fourth-order valence-corrected chi connectivity index (χ4v) is 5.79. The maximum atomic E-state index is 12.9. The van der Waals surface area contributed by atoms with Crippen molar-refractivity contribution < 1.29 is 23.9 Å². The number of nitrogens with zero attached hydrogens (tertiary/aromatic N) is 2. The molecule has 178 valence electrons. The molecule has 1 saturated carbocycles. The molecule has 1 aromatic carbocycles. The number of fused-ring (bicyclic) bond motifs is 1. The minimum atomic E-state index is -0.594. The highest BCUT2D eigenvalue weighted by atomic mass is 16.5. The van der Waals surface area contributed by atoms with Crippen LogP contribution in [0.3, 0.4) is 0 Å². The standard InChI is InChI=1S/C25H33N3O5/c1-25(32-2)10-12-27(13-11-25)19-4-3-5-21(19)33-17-6-7-18-16(14-17)15-28(24(18)31)20-8-9-22(29)26-23(20)30/h6-7,14,19-21H,3-5,8-13,15H2,1-2H3,(H,26,29,30)/t19-,20?,21+/m1/s1. The first-order valence-corrected chi connectivity index (χ1v) is 12.1. The van der Waals surface area contributed by atoms with Crippen LogP contribution in [0.15, 0.2) is 18.2 Å². The molecule has 0 spiro atoms. The first-order chi connectivity index (χ1) is 15.9. The predicted molar refractivity (Wildman–Crippen MR) is 121 cm³/mol. The minimum absolute atomic E-state index is 0.0215. The first kappa shape index (κ1) is 22.3. The predicted octanol–water partition coefficient (Wildman–Crippen LogP) is 2.25. The molecule has 8 nitrogen and oxygen atoms in total. The molecular formula is C25H33N3O5. The van der Waals surface area contributed by atoms with Gasteiger partial charge in [-0.1, -0.05) is 0 Å². The van der Waals surface area contributed by atoms with E-state index in [2.05, 4.69) is 17.1 Å². The number of amides is 3. The number of nitrogens with one attached hydrogen (secondary N) is 1. The summed E-state index contributed by atoms with van der Waals surface area (Å²) >= 11 is 0. The minimum Gasteiger partial charge on any atom is -0.489 e. The highest BCUT2D eigenvalue weighted by Gasteiger charge is 2.41. The van der Waals surface area contributed by atoms with Gasteiger partial charge in [-0.3, -0.25) is 24.6 Å². The van der Waals surface area contributed by atoms with Gasteiger partial charge in [0.15, 0.2) is 0 Å². The number of ether oxygens (including phenoxy) is 2. The number of carbonyl (C=O) groups is 3. The van der Waals surface area contributed by atoms with Gasteiger partial charge in [-0.2, -0.15) is 0 Å². The van der Waals surface area contributed by atoms with Crippen molar-refractivity contribution in [3.63, 3.8) is 0 Å². The zero-order valence-electron chi connectivity index (χ0n) is 19.5. The van der Waals surface area contributed by atoms with Crippen LogP contribution in [0.25, 0.3) is 0 Å². The smallest absolute Gasteiger partial charge is 0.255 e. The zero-order valence-corrected chi connectivity index (χ0v) is 19.5. The number of methoxy groups -OCH3 is 1. The maximum absolute atomic E-state index is 12.9. The first-order valence-electron chi connectivity index (χ1n) is 12.1. The molecule has 1 unspecified atom stereocenters. The quantitative estimate of drug-likeness (QED) is 0.686. The number of piperidine rings is 2. The van der Waals surface area contributed by atoms with Crippen LogP contribution in [0, 0.1) is 0 Å². The third-order valence-electron chi connectivity index (χ3n) is 8.02. The molecule has 3 aliphatic heterocycles. The Morgan fingerprint density at radius 3 is 2.61 bits per heavy atom. The summed E-state index contributed by atoms with van der Waals surface area (Å²) in [7, 11) is 1.80. The second-order valence-corrected chi connectivity index (χ2v) is 10.1. The summed E-state index contributed by atoms with van der Waals surface area (Å²) in [6.45, 7) is 4.60. The summed E-state index contributed by atoms with van der Waals surface area (Å²) in [4.78, 5) is 40.8. The molecule has 0 bridgehead atoms. The van der Waals surface area contributed by atoms with E-state index in [0.717, 1.165) is 56.5 Å². The Labute approximate surface area is 194 Å². The van der Waals surface area contributed by atoms with Gasteiger partial charge in [0, 0.05) is 44.8 Å². The lowest BCUT2D eigenvalue weighted by Gasteiger charge is -2.42. The van der Waals surface area contributed by atoms with Gasteiger partial charge in [0.2, 0.25) is 11.8 Å². The third kappa shape index (κ3) is 4.26. The lowest BCUT2D eigenvalue weighted by atomic mass is 9.92. The molecular weight excluding hydrogens is 422 g/mol. The van der Waals surface area contributed by atoms with E-state index in [4.69, 9.17) is 9.47 Å². The molecule has 0 radical (unpaired) electrons. The molecule has 8 heteroatoms. The van der Waals surface area contributed by atoms with E-state index in [0.29, 0.717) is 24.6 Å². The van der Waals surface area contributed by atoms with E-state index in [1.165, 1.54) is 0 Å². The Morgan fingerprint density at radius 2 is 1.88 bits per heavy atom. The second kappa shape index (κ2) is 8.72. The Bertz CT molecular complexity index is 955. The molecule has 0 aromatic heterocycles. The van der Waals surface area contributed by atoms with Crippen LogP contribution >= 0.6 is 0 Å². The Morgan fingerprint density at radius 1 is 1.09 bits per heavy atom. The molecule has 5 rings (SSSR count). The van der Waals surface area contributed by atoms with E-state index in [1.54, 1.807) is 12.0 Å². The SMILES string of the molecule is COC1(C)CCN([C@@H]2CCC[C@@H]2Oc2ccc3c(c2)CN(C2CCC(=O)NC2=O)C3=O)CC1. The number of benzene rings is 1. The van der Waals surface area contributed by atoms with E-state index < -0.39 is 6.04 Å². The van der Waals surface area contributed by atoms with Crippen molar-refractivity contribution in [1.29, 1.82) is 0 Å². The summed E-state index contributed by atoms with van der Waals surface area (Å²) in [5, 5.41) is 2.35. The lowest BCUT2D eigenvalue weighted by molar-refractivity contribution is -0.136. The van der Waals surface area contributed by atoms with Crippen molar-refractivity contribution >= 4 is 17.7 Å². The molecule has 1 aliphatic carbocycles. The second-order valence-electron chi connectivity index (χ2n) is 10.1. The average molecular weight is 456 g/mol. The number of imide groups is 1. The molecule has 3 amide bonds. The third-order valence-corrected chi connectivity index (χ3v) is 8.02. The van der Waals surface area contributed by atoms with Crippen molar-refractivity contribution in [3.05, 3.63) is 29.3 Å². The number of likely N-dealkylation sites (tertiary alicyclic amines) is 1. The van der Waals surface area contributed by atoms with Gasteiger partial charge in [0.25, 0.3) is 5.91 Å². The van der Waals surface area contributed by atoms with Crippen LogP contribution in [0.4, 0.5) is 0 Å². The van der Waals surface area contributed by atoms with Gasteiger partial charge in [-0.05, 0) is 69.2 Å². The lowest BCUT2D eigenvalue weighted by Crippen LogP contribution is -2.52. The van der Waals surface area contributed by atoms with Crippen LogP contribution in [0.1, 0.15) is 67.8 Å². The van der Waals surface area contributed by atoms with Crippen LogP contribution in [0.5, 0.6) is 5.75 Å². The molecule has 2 saturated heterocycles. The summed E-state index contributed by atoms with van der Waals surface area (Å²) < 4.78 is 12.2. The van der Waals surface area contributed by atoms with Crippen LogP contribution in [-0.4, -0.2) is 71.5 Å². The molecule has 4 aliphatic rings. The molecule has 3 heterocycles. The fourth-order valence-electron chi connectivity index (χ4n) is 5.79. The van der Waals surface area contributed by atoms with Gasteiger partial charge in [-0.25, -0.2) is 0 Å². The summed E-state index contributed by atoms with van der Waals surface area (Å²) in [5.74, 6) is -0.0341. The molecule has 33 heavy (non-hydrogen) atoms. The number of hydrogen-bond donors (Lipinski definition) is 1. The number of carbonyl (C=O) groups excluding carboxylic acids is 3. The summed E-state index contributed by atoms with van der Waals surface area (Å²) in [5.41, 5.74) is 1.47. The molecule has 3 fully saturated rings. The van der Waals surface area contributed by atoms with Crippen molar-refractivity contribution in [2.45, 2.75) is 82.2 Å². The topological polar surface area (TPSA) is 88.2 Å². The summed E-state index contributed by atoms with van der Waals surface area (Å²) in [6.07, 6.45) is 6.15. The van der Waals surface area contributed by atoms with Gasteiger partial charge >= 0.3 is 0 Å². The van der Waals surface area contributed by atoms with Crippen LogP contribution < -0.4 is 10.1 Å². The van der Waals surface area contributed by atoms with E-state index in [1.807, 2.05) is 18.2 Å². The van der Waals surface area contributed by atoms with E-state index >= 15 is 0 Å². The Hall–Kier alpha value is -2.45. The average Bonchev–Trinajstić information content (AvgIpc) is 3.39.